The number of hydrogen-bond donors (Lipinski definition) is 3. The number of hydrogen-bond acceptors (Lipinski definition) is 3. The van der Waals surface area contributed by atoms with Crippen molar-refractivity contribution in [1.82, 2.24) is 16.0 Å². The Morgan fingerprint density at radius 1 is 1.33 bits per heavy atom. The van der Waals surface area contributed by atoms with E-state index in [-0.39, 0.29) is 24.0 Å². The van der Waals surface area contributed by atoms with Gasteiger partial charge in [0.15, 0.2) is 0 Å². The third-order valence-corrected chi connectivity index (χ3v) is 6.64. The molecule has 7 heteroatoms. The summed E-state index contributed by atoms with van der Waals surface area (Å²) < 4.78 is 1.18. The van der Waals surface area contributed by atoms with Gasteiger partial charge >= 0.3 is 6.03 Å². The average Bonchev–Trinajstić information content (AvgIpc) is 3.09. The number of fused-ring (bicyclic) bond motifs is 1. The molecular weight excluding hydrogens is 437 g/mol. The maximum Gasteiger partial charge on any atom is 0.315 e. The molecule has 0 unspecified atom stereocenters. The molecule has 2 heterocycles. The third-order valence-electron chi connectivity index (χ3n) is 4.46. The lowest BCUT2D eigenvalue weighted by atomic mass is 10.0. The number of carbonyl (C=O) groups is 2. The van der Waals surface area contributed by atoms with Crippen LogP contribution in [0.25, 0.3) is 0 Å². The monoisotopic (exact) mass is 459 g/mol. The Kier molecular flexibility index (Phi) is 6.26. The summed E-state index contributed by atoms with van der Waals surface area (Å²) in [6, 6.07) is 8.66. The van der Waals surface area contributed by atoms with E-state index in [9.17, 15) is 9.59 Å². The van der Waals surface area contributed by atoms with E-state index in [1.54, 1.807) is 0 Å². The summed E-state index contributed by atoms with van der Waals surface area (Å²) in [6.07, 6.45) is 3.54. The van der Waals surface area contributed by atoms with Gasteiger partial charge in [-0.3, -0.25) is 4.79 Å². The minimum Gasteiger partial charge on any atom is -0.352 e. The highest BCUT2D eigenvalue weighted by Gasteiger charge is 2.42. The predicted octanol–water partition coefficient (Wildman–Crippen LogP) is 2.63. The Morgan fingerprint density at radius 3 is 3.04 bits per heavy atom. The summed E-state index contributed by atoms with van der Waals surface area (Å²) in [5.74, 6) is 1.10. The average molecular weight is 459 g/mol. The number of urea groups is 1. The summed E-state index contributed by atoms with van der Waals surface area (Å²) in [5, 5.41) is 9.42. The second-order valence-corrected chi connectivity index (χ2v) is 8.79. The van der Waals surface area contributed by atoms with Gasteiger partial charge in [0.25, 0.3) is 0 Å². The van der Waals surface area contributed by atoms with E-state index in [2.05, 4.69) is 44.6 Å². The molecule has 2 saturated heterocycles. The second kappa shape index (κ2) is 8.42. The molecule has 2 aliphatic rings. The van der Waals surface area contributed by atoms with E-state index in [4.69, 9.17) is 0 Å². The van der Waals surface area contributed by atoms with Gasteiger partial charge in [0.05, 0.1) is 12.1 Å². The van der Waals surface area contributed by atoms with E-state index in [1.807, 2.05) is 30.0 Å². The van der Waals surface area contributed by atoms with Crippen LogP contribution >= 0.6 is 34.4 Å². The van der Waals surface area contributed by atoms with E-state index in [0.29, 0.717) is 18.2 Å². The second-order valence-electron chi connectivity index (χ2n) is 6.27. The van der Waals surface area contributed by atoms with Crippen molar-refractivity contribution in [3.8, 4) is 0 Å². The van der Waals surface area contributed by atoms with Gasteiger partial charge in [0.1, 0.15) is 0 Å². The van der Waals surface area contributed by atoms with Crippen LogP contribution in [0, 0.1) is 3.57 Å². The van der Waals surface area contributed by atoms with Gasteiger partial charge in [-0.1, -0.05) is 18.6 Å². The van der Waals surface area contributed by atoms with Crippen molar-refractivity contribution < 1.29 is 9.59 Å². The zero-order valence-electron chi connectivity index (χ0n) is 13.4. The summed E-state index contributed by atoms with van der Waals surface area (Å²) in [7, 11) is 0. The number of rotatable bonds is 7. The molecule has 3 atom stereocenters. The van der Waals surface area contributed by atoms with Gasteiger partial charge < -0.3 is 16.0 Å². The normalized spacial score (nSPS) is 25.0. The van der Waals surface area contributed by atoms with Crippen LogP contribution in [0.1, 0.15) is 31.2 Å². The fourth-order valence-electron chi connectivity index (χ4n) is 3.21. The first kappa shape index (κ1) is 17.8. The minimum atomic E-state index is -0.0368. The lowest BCUT2D eigenvalue weighted by Gasteiger charge is -2.16. The minimum absolute atomic E-state index is 0.0368. The molecule has 130 valence electrons. The van der Waals surface area contributed by atoms with Crippen molar-refractivity contribution in [1.29, 1.82) is 0 Å². The molecule has 0 radical (unpaired) electrons. The Bertz CT molecular complexity index is 613. The summed E-state index contributed by atoms with van der Waals surface area (Å²) in [5.41, 5.74) is 1.13. The first-order valence-corrected chi connectivity index (χ1v) is 10.4. The number of carbonyl (C=O) groups excluding carboxylic acids is 2. The van der Waals surface area contributed by atoms with Crippen LogP contribution in [-0.2, 0) is 11.3 Å². The molecule has 0 spiro atoms. The number of amides is 3. The topological polar surface area (TPSA) is 70.2 Å². The van der Waals surface area contributed by atoms with E-state index < -0.39 is 0 Å². The maximum absolute atomic E-state index is 11.9. The highest BCUT2D eigenvalue weighted by atomic mass is 127. The molecule has 0 aromatic heterocycles. The smallest absolute Gasteiger partial charge is 0.315 e. The van der Waals surface area contributed by atoms with Crippen LogP contribution < -0.4 is 16.0 Å². The zero-order chi connectivity index (χ0) is 16.9. The molecule has 0 saturated carbocycles. The van der Waals surface area contributed by atoms with Crippen molar-refractivity contribution >= 4 is 46.3 Å². The first-order chi connectivity index (χ1) is 11.6. The van der Waals surface area contributed by atoms with Crippen LogP contribution in [0.4, 0.5) is 4.79 Å². The molecule has 24 heavy (non-hydrogen) atoms. The van der Waals surface area contributed by atoms with Crippen LogP contribution in [0.2, 0.25) is 0 Å². The summed E-state index contributed by atoms with van der Waals surface area (Å²) in [6.45, 7) is 0.593. The van der Waals surface area contributed by atoms with E-state index in [1.165, 1.54) is 3.57 Å². The fraction of sp³-hybridized carbons (Fsp3) is 0.529. The molecule has 1 aromatic carbocycles. The predicted molar refractivity (Wildman–Crippen MR) is 105 cm³/mol. The lowest BCUT2D eigenvalue weighted by Crippen LogP contribution is -2.36. The highest BCUT2D eigenvalue weighted by molar-refractivity contribution is 14.1. The van der Waals surface area contributed by atoms with Gasteiger partial charge in [-0.15, -0.1) is 0 Å². The molecule has 3 rings (SSSR count). The van der Waals surface area contributed by atoms with Crippen LogP contribution in [0.15, 0.2) is 24.3 Å². The largest absolute Gasteiger partial charge is 0.352 e. The van der Waals surface area contributed by atoms with Gasteiger partial charge in [-0.2, -0.15) is 11.8 Å². The number of nitrogens with one attached hydrogen (secondary N) is 3. The molecule has 0 aliphatic carbocycles. The SMILES string of the molecule is O=C(CCCC[C@@H]1SC[C@@H]2NC(=O)N[C@@H]21)NCc1cccc(I)c1. The quantitative estimate of drug-likeness (QED) is 0.334. The van der Waals surface area contributed by atoms with Gasteiger partial charge in [0.2, 0.25) is 5.91 Å². The van der Waals surface area contributed by atoms with Crippen molar-refractivity contribution in [2.75, 3.05) is 5.75 Å². The van der Waals surface area contributed by atoms with Crippen molar-refractivity contribution in [2.45, 2.75) is 49.6 Å². The third kappa shape index (κ3) is 4.78. The summed E-state index contributed by atoms with van der Waals surface area (Å²) >= 11 is 4.20. The van der Waals surface area contributed by atoms with Gasteiger partial charge in [-0.25, -0.2) is 4.79 Å². The standard InChI is InChI=1S/C17H22IN3O2S/c18-12-5-3-4-11(8-12)9-19-15(22)7-2-1-6-14-16-13(10-24-14)20-17(23)21-16/h3-5,8,13-14,16H,1-2,6-7,9-10H2,(H,19,22)(H2,20,21,23)/t13-,14-,16-/m0/s1. The number of halogens is 1. The first-order valence-electron chi connectivity index (χ1n) is 8.31. The number of thioether (sulfide) groups is 1. The Morgan fingerprint density at radius 2 is 2.21 bits per heavy atom. The zero-order valence-corrected chi connectivity index (χ0v) is 16.4. The van der Waals surface area contributed by atoms with Crippen LogP contribution in [0.3, 0.4) is 0 Å². The van der Waals surface area contributed by atoms with Gasteiger partial charge in [0, 0.05) is 27.5 Å². The lowest BCUT2D eigenvalue weighted by molar-refractivity contribution is -0.121. The Labute approximate surface area is 160 Å². The molecule has 3 amide bonds. The van der Waals surface area contributed by atoms with E-state index in [0.717, 1.165) is 30.6 Å². The van der Waals surface area contributed by atoms with Crippen LogP contribution in [0.5, 0.6) is 0 Å². The number of unbranched alkanes of at least 4 members (excludes halogenated alkanes) is 1. The Balaban J connectivity index is 1.30. The molecule has 5 nitrogen and oxygen atoms in total. The number of benzene rings is 1. The van der Waals surface area contributed by atoms with Crippen LogP contribution in [-0.4, -0.2) is 35.0 Å². The molecule has 2 aliphatic heterocycles. The van der Waals surface area contributed by atoms with Crippen molar-refractivity contribution in [3.05, 3.63) is 33.4 Å². The fourth-order valence-corrected chi connectivity index (χ4v) is 5.36. The molecule has 2 fully saturated rings. The molecule has 1 aromatic rings. The summed E-state index contributed by atoms with van der Waals surface area (Å²) in [4.78, 5) is 23.3. The highest BCUT2D eigenvalue weighted by Crippen LogP contribution is 2.33. The molecule has 0 bridgehead atoms. The molecule has 3 N–H and O–H groups in total. The maximum atomic E-state index is 11.9. The van der Waals surface area contributed by atoms with Crippen molar-refractivity contribution in [3.63, 3.8) is 0 Å². The van der Waals surface area contributed by atoms with Gasteiger partial charge in [-0.05, 0) is 53.1 Å². The molecular formula is C17H22IN3O2S. The van der Waals surface area contributed by atoms with E-state index >= 15 is 0 Å². The Hall–Kier alpha value is -0.960. The van der Waals surface area contributed by atoms with Crippen molar-refractivity contribution in [2.24, 2.45) is 0 Å².